The zero-order valence-electron chi connectivity index (χ0n) is 11.5. The number of hydrogen-bond acceptors (Lipinski definition) is 3. The summed E-state index contributed by atoms with van der Waals surface area (Å²) in [5.74, 6) is 0.315. The average molecular weight is 241 g/mol. The van der Waals surface area contributed by atoms with Crippen LogP contribution in [0.4, 0.5) is 0 Å². The van der Waals surface area contributed by atoms with Crippen LogP contribution in [0.2, 0.25) is 0 Å². The molecule has 1 fully saturated rings. The van der Waals surface area contributed by atoms with Gasteiger partial charge in [0.1, 0.15) is 0 Å². The third-order valence-electron chi connectivity index (χ3n) is 3.28. The molecule has 0 radical (unpaired) electrons. The van der Waals surface area contributed by atoms with E-state index in [-0.39, 0.29) is 11.9 Å². The molecule has 3 heteroatoms. The molecule has 100 valence electrons. The van der Waals surface area contributed by atoms with Crippen LogP contribution in [0.15, 0.2) is 0 Å². The van der Waals surface area contributed by atoms with Crippen LogP contribution in [-0.4, -0.2) is 25.2 Å². The lowest BCUT2D eigenvalue weighted by Crippen LogP contribution is -2.36. The van der Waals surface area contributed by atoms with Gasteiger partial charge in [-0.3, -0.25) is 4.79 Å². The molecule has 0 aromatic heterocycles. The Hall–Kier alpha value is -0.570. The molecule has 3 nitrogen and oxygen atoms in total. The topological polar surface area (TPSA) is 38.3 Å². The molecule has 0 bridgehead atoms. The molecule has 0 aromatic rings. The smallest absolute Gasteiger partial charge is 0.309 e. The van der Waals surface area contributed by atoms with Crippen LogP contribution in [-0.2, 0) is 9.53 Å². The van der Waals surface area contributed by atoms with Gasteiger partial charge < -0.3 is 10.1 Å². The first-order valence-corrected chi connectivity index (χ1v) is 6.99. The maximum absolute atomic E-state index is 11.7. The Kier molecular flexibility index (Phi) is 6.56. The number of carbonyl (C=O) groups is 1. The molecule has 0 spiro atoms. The average Bonchev–Trinajstić information content (AvgIpc) is 2.34. The fraction of sp³-hybridized carbons (Fsp3) is 0.929. The molecule has 0 aromatic carbocycles. The maximum atomic E-state index is 11.7. The molecule has 1 rings (SSSR count). The Labute approximate surface area is 105 Å². The molecular formula is C14H27NO2. The van der Waals surface area contributed by atoms with E-state index in [1.165, 1.54) is 32.1 Å². The first-order valence-electron chi connectivity index (χ1n) is 6.99. The Morgan fingerprint density at radius 2 is 1.88 bits per heavy atom. The van der Waals surface area contributed by atoms with Gasteiger partial charge >= 0.3 is 5.97 Å². The summed E-state index contributed by atoms with van der Waals surface area (Å²) in [6, 6.07) is 0.615. The molecule has 0 heterocycles. The number of esters is 1. The van der Waals surface area contributed by atoms with Gasteiger partial charge in [0.25, 0.3) is 0 Å². The quantitative estimate of drug-likeness (QED) is 0.727. The van der Waals surface area contributed by atoms with Crippen LogP contribution < -0.4 is 5.32 Å². The van der Waals surface area contributed by atoms with Crippen molar-refractivity contribution in [3.05, 3.63) is 0 Å². The largest absolute Gasteiger partial charge is 0.465 e. The van der Waals surface area contributed by atoms with Gasteiger partial charge in [0.2, 0.25) is 0 Å². The molecule has 1 unspecified atom stereocenters. The highest BCUT2D eigenvalue weighted by atomic mass is 16.5. The van der Waals surface area contributed by atoms with Gasteiger partial charge in [-0.05, 0) is 18.8 Å². The zero-order valence-corrected chi connectivity index (χ0v) is 11.5. The van der Waals surface area contributed by atoms with E-state index >= 15 is 0 Å². The number of hydrogen-bond donors (Lipinski definition) is 1. The van der Waals surface area contributed by atoms with Gasteiger partial charge in [0.05, 0.1) is 12.5 Å². The van der Waals surface area contributed by atoms with Crippen molar-refractivity contribution >= 4 is 5.97 Å². The first kappa shape index (κ1) is 14.5. The minimum absolute atomic E-state index is 0.0318. The van der Waals surface area contributed by atoms with Gasteiger partial charge in [-0.2, -0.15) is 0 Å². The van der Waals surface area contributed by atoms with E-state index in [0.717, 1.165) is 6.54 Å². The molecule has 1 N–H and O–H groups in total. The van der Waals surface area contributed by atoms with E-state index in [4.69, 9.17) is 4.74 Å². The summed E-state index contributed by atoms with van der Waals surface area (Å²) in [5, 5.41) is 3.49. The number of carbonyl (C=O) groups excluding carboxylic acids is 1. The second-order valence-electron chi connectivity index (χ2n) is 5.67. The standard InChI is InChI=1S/C14H27NO2/c1-11(2)10-17-14(16)12(3)9-15-13-7-5-4-6-8-13/h11-13,15H,4-10H2,1-3H3. The Morgan fingerprint density at radius 1 is 1.24 bits per heavy atom. The molecule has 1 aliphatic rings. The van der Waals surface area contributed by atoms with Crippen molar-refractivity contribution in [3.63, 3.8) is 0 Å². The minimum Gasteiger partial charge on any atom is -0.465 e. The third-order valence-corrected chi connectivity index (χ3v) is 3.28. The van der Waals surface area contributed by atoms with Crippen LogP contribution in [0.5, 0.6) is 0 Å². The summed E-state index contributed by atoms with van der Waals surface area (Å²) in [7, 11) is 0. The Morgan fingerprint density at radius 3 is 2.47 bits per heavy atom. The maximum Gasteiger partial charge on any atom is 0.309 e. The summed E-state index contributed by atoms with van der Waals surface area (Å²) in [5.41, 5.74) is 0. The predicted molar refractivity (Wildman–Crippen MR) is 69.8 cm³/mol. The highest BCUT2D eigenvalue weighted by Gasteiger charge is 2.18. The van der Waals surface area contributed by atoms with E-state index in [1.807, 2.05) is 6.92 Å². The molecule has 0 aliphatic heterocycles. The highest BCUT2D eigenvalue weighted by molar-refractivity contribution is 5.72. The van der Waals surface area contributed by atoms with Crippen molar-refractivity contribution in [2.45, 2.75) is 58.9 Å². The second kappa shape index (κ2) is 7.70. The van der Waals surface area contributed by atoms with Crippen LogP contribution in [0.25, 0.3) is 0 Å². The highest BCUT2D eigenvalue weighted by Crippen LogP contribution is 2.17. The van der Waals surface area contributed by atoms with Gasteiger partial charge in [0.15, 0.2) is 0 Å². The monoisotopic (exact) mass is 241 g/mol. The lowest BCUT2D eigenvalue weighted by molar-refractivity contribution is -0.148. The number of rotatable bonds is 6. The van der Waals surface area contributed by atoms with Crippen molar-refractivity contribution in [1.29, 1.82) is 0 Å². The molecular weight excluding hydrogens is 214 g/mol. The van der Waals surface area contributed by atoms with Crippen molar-refractivity contribution in [2.24, 2.45) is 11.8 Å². The Bertz CT molecular complexity index is 222. The second-order valence-corrected chi connectivity index (χ2v) is 5.67. The van der Waals surface area contributed by atoms with Crippen molar-refractivity contribution in [2.75, 3.05) is 13.2 Å². The van der Waals surface area contributed by atoms with E-state index in [2.05, 4.69) is 19.2 Å². The summed E-state index contributed by atoms with van der Waals surface area (Å²) in [6.07, 6.45) is 6.53. The Balaban J connectivity index is 2.14. The van der Waals surface area contributed by atoms with Crippen molar-refractivity contribution in [3.8, 4) is 0 Å². The van der Waals surface area contributed by atoms with Crippen LogP contribution in [0.1, 0.15) is 52.9 Å². The van der Waals surface area contributed by atoms with Crippen molar-refractivity contribution in [1.82, 2.24) is 5.32 Å². The summed E-state index contributed by atoms with van der Waals surface area (Å²) in [6.45, 7) is 7.34. The van der Waals surface area contributed by atoms with E-state index in [0.29, 0.717) is 18.6 Å². The van der Waals surface area contributed by atoms with E-state index < -0.39 is 0 Å². The summed E-state index contributed by atoms with van der Waals surface area (Å²) in [4.78, 5) is 11.7. The fourth-order valence-electron chi connectivity index (χ4n) is 2.12. The van der Waals surface area contributed by atoms with Crippen molar-refractivity contribution < 1.29 is 9.53 Å². The molecule has 0 amide bonds. The molecule has 1 atom stereocenters. The molecule has 1 saturated carbocycles. The first-order chi connectivity index (χ1) is 8.09. The van der Waals surface area contributed by atoms with Gasteiger partial charge in [-0.1, -0.05) is 40.0 Å². The number of nitrogens with one attached hydrogen (secondary N) is 1. The third kappa shape index (κ3) is 6.06. The van der Waals surface area contributed by atoms with E-state index in [9.17, 15) is 4.79 Å². The van der Waals surface area contributed by atoms with Gasteiger partial charge in [0, 0.05) is 12.6 Å². The van der Waals surface area contributed by atoms with Crippen LogP contribution in [0.3, 0.4) is 0 Å². The number of ether oxygens (including phenoxy) is 1. The summed E-state index contributed by atoms with van der Waals surface area (Å²) < 4.78 is 5.23. The lowest BCUT2D eigenvalue weighted by Gasteiger charge is -2.24. The fourth-order valence-corrected chi connectivity index (χ4v) is 2.12. The predicted octanol–water partition coefficient (Wildman–Crippen LogP) is 2.74. The SMILES string of the molecule is CC(C)COC(=O)C(C)CNC1CCCCC1. The summed E-state index contributed by atoms with van der Waals surface area (Å²) >= 11 is 0. The molecule has 17 heavy (non-hydrogen) atoms. The van der Waals surface area contributed by atoms with Crippen LogP contribution >= 0.6 is 0 Å². The van der Waals surface area contributed by atoms with Gasteiger partial charge in [-0.25, -0.2) is 0 Å². The lowest BCUT2D eigenvalue weighted by atomic mass is 9.95. The minimum atomic E-state index is -0.0676. The normalized spacial score (nSPS) is 19.3. The van der Waals surface area contributed by atoms with Gasteiger partial charge in [-0.15, -0.1) is 0 Å². The molecule has 1 aliphatic carbocycles. The van der Waals surface area contributed by atoms with Crippen LogP contribution in [0, 0.1) is 11.8 Å². The molecule has 0 saturated heterocycles. The zero-order chi connectivity index (χ0) is 12.7. The van der Waals surface area contributed by atoms with E-state index in [1.54, 1.807) is 0 Å².